The van der Waals surface area contributed by atoms with Crippen LogP contribution >= 0.6 is 0 Å². The molecular formula is C18H20FN5O. The normalized spacial score (nSPS) is 12.1. The van der Waals surface area contributed by atoms with Crippen molar-refractivity contribution >= 4 is 0 Å². The van der Waals surface area contributed by atoms with Gasteiger partial charge in [0.05, 0.1) is 12.3 Å². The summed E-state index contributed by atoms with van der Waals surface area (Å²) >= 11 is 0. The summed E-state index contributed by atoms with van der Waals surface area (Å²) in [5.41, 5.74) is 2.90. The van der Waals surface area contributed by atoms with Gasteiger partial charge >= 0.3 is 0 Å². The molecule has 3 aromatic rings. The number of rotatable bonds is 7. The van der Waals surface area contributed by atoms with Crippen LogP contribution < -0.4 is 10.1 Å². The van der Waals surface area contributed by atoms with Crippen LogP contribution in [-0.4, -0.2) is 26.8 Å². The van der Waals surface area contributed by atoms with Crippen molar-refractivity contribution in [3.8, 4) is 11.4 Å². The maximum absolute atomic E-state index is 13.9. The van der Waals surface area contributed by atoms with Gasteiger partial charge < -0.3 is 10.1 Å². The van der Waals surface area contributed by atoms with E-state index in [1.165, 1.54) is 6.07 Å². The van der Waals surface area contributed by atoms with Crippen LogP contribution in [0.25, 0.3) is 5.69 Å². The second kappa shape index (κ2) is 7.85. The Morgan fingerprint density at radius 1 is 1.20 bits per heavy atom. The molecule has 0 radical (unpaired) electrons. The molecule has 1 atom stereocenters. The van der Waals surface area contributed by atoms with Crippen molar-refractivity contribution in [2.45, 2.75) is 26.4 Å². The van der Waals surface area contributed by atoms with Gasteiger partial charge in [0.2, 0.25) is 0 Å². The number of tetrazole rings is 1. The third-order valence-electron chi connectivity index (χ3n) is 3.92. The third-order valence-corrected chi connectivity index (χ3v) is 3.92. The molecule has 25 heavy (non-hydrogen) atoms. The molecule has 2 aromatic carbocycles. The van der Waals surface area contributed by atoms with E-state index in [4.69, 9.17) is 4.74 Å². The van der Waals surface area contributed by atoms with Crippen LogP contribution in [0.15, 0.2) is 48.8 Å². The van der Waals surface area contributed by atoms with Crippen molar-refractivity contribution < 1.29 is 9.13 Å². The van der Waals surface area contributed by atoms with Crippen molar-refractivity contribution in [2.24, 2.45) is 0 Å². The first-order valence-corrected chi connectivity index (χ1v) is 8.15. The summed E-state index contributed by atoms with van der Waals surface area (Å²) in [6.07, 6.45) is 1.55. The summed E-state index contributed by atoms with van der Waals surface area (Å²) in [5, 5.41) is 14.5. The van der Waals surface area contributed by atoms with E-state index in [1.807, 2.05) is 37.3 Å². The lowest BCUT2D eigenvalue weighted by molar-refractivity contribution is 0.321. The summed E-state index contributed by atoms with van der Waals surface area (Å²) in [4.78, 5) is 0. The first-order chi connectivity index (χ1) is 12.2. The minimum absolute atomic E-state index is 0.123. The number of halogens is 1. The lowest BCUT2D eigenvalue weighted by Gasteiger charge is -2.15. The minimum atomic E-state index is -0.334. The highest BCUT2D eigenvalue weighted by molar-refractivity contribution is 5.34. The van der Waals surface area contributed by atoms with E-state index >= 15 is 0 Å². The van der Waals surface area contributed by atoms with Gasteiger partial charge in [-0.2, -0.15) is 0 Å². The molecule has 0 saturated heterocycles. The molecule has 1 heterocycles. The van der Waals surface area contributed by atoms with E-state index in [0.29, 0.717) is 13.2 Å². The Balaban J connectivity index is 1.60. The van der Waals surface area contributed by atoms with E-state index in [-0.39, 0.29) is 17.6 Å². The Labute approximate surface area is 145 Å². The predicted octanol–water partition coefficient (Wildman–Crippen LogP) is 3.05. The number of ether oxygens (including phenoxy) is 1. The summed E-state index contributed by atoms with van der Waals surface area (Å²) in [7, 11) is 0. The summed E-state index contributed by atoms with van der Waals surface area (Å²) in [6.45, 7) is 4.92. The van der Waals surface area contributed by atoms with Crippen LogP contribution in [0.5, 0.6) is 5.75 Å². The molecule has 1 N–H and O–H groups in total. The number of hydrogen-bond acceptors (Lipinski definition) is 5. The second-order valence-corrected chi connectivity index (χ2v) is 5.65. The molecule has 0 aliphatic carbocycles. The van der Waals surface area contributed by atoms with E-state index in [2.05, 4.69) is 27.8 Å². The largest absolute Gasteiger partial charge is 0.491 e. The number of nitrogens with one attached hydrogen (secondary N) is 1. The van der Waals surface area contributed by atoms with Crippen molar-refractivity contribution in [1.29, 1.82) is 0 Å². The molecular weight excluding hydrogens is 321 g/mol. The highest BCUT2D eigenvalue weighted by Gasteiger charge is 2.08. The molecule has 3 rings (SSSR count). The third kappa shape index (κ3) is 4.19. The van der Waals surface area contributed by atoms with Gasteiger partial charge in [0, 0.05) is 12.6 Å². The smallest absolute Gasteiger partial charge is 0.165 e. The Bertz CT molecular complexity index is 805. The zero-order valence-corrected chi connectivity index (χ0v) is 14.2. The molecule has 130 valence electrons. The molecule has 0 fully saturated rings. The average Bonchev–Trinajstić information content (AvgIpc) is 3.17. The lowest BCUT2D eigenvalue weighted by Crippen LogP contribution is -2.18. The molecule has 6 nitrogen and oxygen atoms in total. The quantitative estimate of drug-likeness (QED) is 0.715. The van der Waals surface area contributed by atoms with Crippen molar-refractivity contribution in [3.63, 3.8) is 0 Å². The van der Waals surface area contributed by atoms with Gasteiger partial charge in [-0.1, -0.05) is 18.2 Å². The molecule has 0 saturated carbocycles. The van der Waals surface area contributed by atoms with Crippen LogP contribution in [0.4, 0.5) is 4.39 Å². The van der Waals surface area contributed by atoms with E-state index in [0.717, 1.165) is 16.8 Å². The molecule has 0 spiro atoms. The van der Waals surface area contributed by atoms with Gasteiger partial charge in [-0.25, -0.2) is 9.07 Å². The van der Waals surface area contributed by atoms with Gasteiger partial charge in [-0.3, -0.25) is 0 Å². The molecule has 0 aliphatic rings. The van der Waals surface area contributed by atoms with Gasteiger partial charge in [0.15, 0.2) is 11.6 Å². The molecule has 1 aromatic heterocycles. The zero-order valence-electron chi connectivity index (χ0n) is 14.2. The molecule has 0 bridgehead atoms. The standard InChI is InChI=1S/C18H20FN5O/c1-3-25-18-9-4-14(10-17(18)19)11-20-13(2)15-5-7-16(8-6-15)24-12-21-22-23-24/h4-10,12-13,20H,3,11H2,1-2H3/t13-/m1/s1. The molecule has 0 amide bonds. The maximum atomic E-state index is 13.9. The fraction of sp³-hybridized carbons (Fsp3) is 0.278. The van der Waals surface area contributed by atoms with Crippen LogP contribution in [0, 0.1) is 5.82 Å². The first-order valence-electron chi connectivity index (χ1n) is 8.15. The van der Waals surface area contributed by atoms with E-state index < -0.39 is 0 Å². The number of benzene rings is 2. The van der Waals surface area contributed by atoms with E-state index in [9.17, 15) is 4.39 Å². The lowest BCUT2D eigenvalue weighted by atomic mass is 10.1. The number of aromatic nitrogens is 4. The second-order valence-electron chi connectivity index (χ2n) is 5.65. The van der Waals surface area contributed by atoms with Gasteiger partial charge in [0.1, 0.15) is 6.33 Å². The fourth-order valence-corrected chi connectivity index (χ4v) is 2.51. The van der Waals surface area contributed by atoms with Crippen LogP contribution in [-0.2, 0) is 6.54 Å². The summed E-state index contributed by atoms with van der Waals surface area (Å²) < 4.78 is 20.7. The predicted molar refractivity (Wildman–Crippen MR) is 92.0 cm³/mol. The molecule has 0 aliphatic heterocycles. The first kappa shape index (κ1) is 17.0. The van der Waals surface area contributed by atoms with E-state index in [1.54, 1.807) is 17.1 Å². The Morgan fingerprint density at radius 3 is 2.64 bits per heavy atom. The molecule has 0 unspecified atom stereocenters. The summed E-state index contributed by atoms with van der Waals surface area (Å²) in [6, 6.07) is 13.1. The molecule has 7 heteroatoms. The monoisotopic (exact) mass is 341 g/mol. The SMILES string of the molecule is CCOc1ccc(CN[C@H](C)c2ccc(-n3cnnn3)cc2)cc1F. The van der Waals surface area contributed by atoms with Crippen LogP contribution in [0.1, 0.15) is 31.0 Å². The van der Waals surface area contributed by atoms with Crippen molar-refractivity contribution in [1.82, 2.24) is 25.5 Å². The topological polar surface area (TPSA) is 64.9 Å². The summed E-state index contributed by atoms with van der Waals surface area (Å²) in [5.74, 6) is -0.0444. The number of hydrogen-bond donors (Lipinski definition) is 1. The maximum Gasteiger partial charge on any atom is 0.165 e. The van der Waals surface area contributed by atoms with Crippen LogP contribution in [0.3, 0.4) is 0 Å². The van der Waals surface area contributed by atoms with Crippen molar-refractivity contribution in [3.05, 3.63) is 65.7 Å². The van der Waals surface area contributed by atoms with Gasteiger partial charge in [-0.15, -0.1) is 5.10 Å². The highest BCUT2D eigenvalue weighted by Crippen LogP contribution is 2.20. The Hall–Kier alpha value is -2.80. The zero-order chi connectivity index (χ0) is 17.6. The highest BCUT2D eigenvalue weighted by atomic mass is 19.1. The number of nitrogens with zero attached hydrogens (tertiary/aromatic N) is 4. The minimum Gasteiger partial charge on any atom is -0.491 e. The van der Waals surface area contributed by atoms with Crippen LogP contribution in [0.2, 0.25) is 0 Å². The van der Waals surface area contributed by atoms with Gasteiger partial charge in [-0.05, 0) is 59.7 Å². The van der Waals surface area contributed by atoms with Gasteiger partial charge in [0.25, 0.3) is 0 Å². The Kier molecular flexibility index (Phi) is 5.35. The Morgan fingerprint density at radius 2 is 2.00 bits per heavy atom. The fourth-order valence-electron chi connectivity index (χ4n) is 2.51. The average molecular weight is 341 g/mol. The van der Waals surface area contributed by atoms with Crippen molar-refractivity contribution in [2.75, 3.05) is 6.61 Å².